The number of nitrogens with zero attached hydrogens (tertiary/aromatic N) is 3. The summed E-state index contributed by atoms with van der Waals surface area (Å²) < 4.78 is 6.57. The number of carbonyl (C=O) groups is 2. The quantitative estimate of drug-likeness (QED) is 0.146. The Morgan fingerprint density at radius 1 is 0.900 bits per heavy atom. The van der Waals surface area contributed by atoms with Crippen molar-refractivity contribution in [1.82, 2.24) is 14.8 Å². The molecule has 3 aliphatic heterocycles. The maximum absolute atomic E-state index is 14.2. The number of aromatic hydroxyl groups is 1. The van der Waals surface area contributed by atoms with Crippen LogP contribution in [0.3, 0.4) is 0 Å². The first-order valence-corrected chi connectivity index (χ1v) is 18.3. The number of rotatable bonds is 9. The second-order valence-electron chi connectivity index (χ2n) is 14.4. The highest BCUT2D eigenvalue weighted by molar-refractivity contribution is 6.06. The van der Waals surface area contributed by atoms with Crippen molar-refractivity contribution in [2.45, 2.75) is 64.1 Å². The van der Waals surface area contributed by atoms with Gasteiger partial charge in [0.25, 0.3) is 0 Å². The minimum Gasteiger partial charge on any atom is -0.507 e. The van der Waals surface area contributed by atoms with Crippen LogP contribution in [0.2, 0.25) is 0 Å². The summed E-state index contributed by atoms with van der Waals surface area (Å²) >= 11 is 0. The van der Waals surface area contributed by atoms with Crippen molar-refractivity contribution in [3.63, 3.8) is 0 Å². The zero-order chi connectivity index (χ0) is 34.2. The van der Waals surface area contributed by atoms with E-state index in [9.17, 15) is 14.7 Å². The van der Waals surface area contributed by atoms with E-state index in [2.05, 4.69) is 42.2 Å². The number of likely N-dealkylation sites (tertiary alicyclic amines) is 2. The Kier molecular flexibility index (Phi) is 9.11. The molecule has 0 saturated carbocycles. The summed E-state index contributed by atoms with van der Waals surface area (Å²) in [7, 11) is 0. The van der Waals surface area contributed by atoms with E-state index in [1.807, 2.05) is 60.8 Å². The SMILES string of the molecule is CCC1=C2[C@@H](CC/C(=C/c3ccc(O)c4ccccc34)c3ccccn3)OC[C@@H]2[C@@H]2C(=O)N(C3CCN(Cc4ccccc4)CC3)C(=O)[C@@H]2C1. The topological polar surface area (TPSA) is 83.0 Å². The van der Waals surface area contributed by atoms with Crippen LogP contribution in [-0.4, -0.2) is 63.5 Å². The third-order valence-electron chi connectivity index (χ3n) is 11.6. The van der Waals surface area contributed by atoms with Gasteiger partial charge < -0.3 is 9.84 Å². The van der Waals surface area contributed by atoms with E-state index in [1.165, 1.54) is 16.7 Å². The van der Waals surface area contributed by atoms with Crippen LogP contribution in [0.4, 0.5) is 0 Å². The number of carbonyl (C=O) groups excluding carboxylic acids is 2. The molecule has 2 amide bonds. The van der Waals surface area contributed by atoms with Crippen molar-refractivity contribution in [2.24, 2.45) is 17.8 Å². The average molecular weight is 668 g/mol. The van der Waals surface area contributed by atoms with Crippen molar-refractivity contribution >= 4 is 34.2 Å². The largest absolute Gasteiger partial charge is 0.507 e. The third kappa shape index (κ3) is 6.07. The first kappa shape index (κ1) is 32.6. The number of amides is 2. The predicted octanol–water partition coefficient (Wildman–Crippen LogP) is 7.65. The first-order valence-electron chi connectivity index (χ1n) is 18.3. The Hall–Kier alpha value is -4.59. The predicted molar refractivity (Wildman–Crippen MR) is 196 cm³/mol. The standard InChI is InChI=1S/C43H45N3O4/c1-2-29-25-35-41(43(49)46(42(35)48)32-19-22-45(23-20-32)26-28-10-4-3-5-11-28)36-27-50-39(40(29)36)18-16-31(37-14-8-9-21-44-37)24-30-15-17-38(47)34-13-7-6-12-33(30)34/h3-15,17,21,24,32,35-36,39,41,47H,2,16,18-20,22-23,25-27H2,1H3/b31-24-/t35-,36+,39-,41-/m1/s1. The number of pyridine rings is 1. The molecule has 3 fully saturated rings. The fraction of sp³-hybridized carbons (Fsp3) is 0.372. The van der Waals surface area contributed by atoms with E-state index in [0.29, 0.717) is 13.0 Å². The summed E-state index contributed by atoms with van der Waals surface area (Å²) in [6.45, 7) is 5.33. The number of hydrogen-bond acceptors (Lipinski definition) is 6. The van der Waals surface area contributed by atoms with Gasteiger partial charge in [-0.2, -0.15) is 0 Å². The Balaban J connectivity index is 1.000. The lowest BCUT2D eigenvalue weighted by Crippen LogP contribution is -2.47. The fourth-order valence-corrected chi connectivity index (χ4v) is 9.11. The summed E-state index contributed by atoms with van der Waals surface area (Å²) in [6.07, 6.45) is 8.57. The van der Waals surface area contributed by atoms with Crippen LogP contribution in [0, 0.1) is 17.8 Å². The number of benzene rings is 3. The van der Waals surface area contributed by atoms with Gasteiger partial charge in [0, 0.05) is 43.2 Å². The second-order valence-corrected chi connectivity index (χ2v) is 14.4. The molecule has 50 heavy (non-hydrogen) atoms. The van der Waals surface area contributed by atoms with Gasteiger partial charge in [-0.1, -0.05) is 79.2 Å². The highest BCUT2D eigenvalue weighted by Crippen LogP contribution is 2.51. The molecule has 0 bridgehead atoms. The highest BCUT2D eigenvalue weighted by atomic mass is 16.5. The van der Waals surface area contributed by atoms with Crippen molar-refractivity contribution < 1.29 is 19.4 Å². The number of allylic oxidation sites excluding steroid dienone is 2. The summed E-state index contributed by atoms with van der Waals surface area (Å²) in [5, 5.41) is 12.3. The van der Waals surface area contributed by atoms with Crippen LogP contribution in [0.5, 0.6) is 5.75 Å². The molecule has 4 heterocycles. The smallest absolute Gasteiger partial charge is 0.234 e. The molecule has 1 aliphatic carbocycles. The summed E-state index contributed by atoms with van der Waals surface area (Å²) in [6, 6.07) is 28.1. The zero-order valence-corrected chi connectivity index (χ0v) is 28.7. The van der Waals surface area contributed by atoms with Crippen molar-refractivity contribution in [3.05, 3.63) is 119 Å². The van der Waals surface area contributed by atoms with E-state index in [0.717, 1.165) is 79.3 Å². The van der Waals surface area contributed by atoms with Gasteiger partial charge in [-0.15, -0.1) is 0 Å². The number of phenols is 1. The molecule has 8 rings (SSSR count). The van der Waals surface area contributed by atoms with Gasteiger partial charge in [-0.25, -0.2) is 0 Å². The van der Waals surface area contributed by atoms with Crippen LogP contribution in [0.15, 0.2) is 102 Å². The van der Waals surface area contributed by atoms with E-state index >= 15 is 0 Å². The number of ether oxygens (including phenoxy) is 1. The maximum atomic E-state index is 14.2. The number of aromatic nitrogens is 1. The molecule has 4 aliphatic rings. The lowest BCUT2D eigenvalue weighted by molar-refractivity contribution is -0.144. The van der Waals surface area contributed by atoms with E-state index in [-0.39, 0.29) is 47.5 Å². The Bertz CT molecular complexity index is 1950. The molecule has 7 heteroatoms. The maximum Gasteiger partial charge on any atom is 0.234 e. The van der Waals surface area contributed by atoms with Gasteiger partial charge >= 0.3 is 0 Å². The first-order chi connectivity index (χ1) is 24.5. The molecule has 0 unspecified atom stereocenters. The van der Waals surface area contributed by atoms with Gasteiger partial charge in [-0.05, 0) is 90.5 Å². The Morgan fingerprint density at radius 3 is 2.42 bits per heavy atom. The van der Waals surface area contributed by atoms with Crippen LogP contribution in [0.25, 0.3) is 22.4 Å². The molecule has 0 spiro atoms. The van der Waals surface area contributed by atoms with Crippen LogP contribution >= 0.6 is 0 Å². The number of imide groups is 1. The van der Waals surface area contributed by atoms with Gasteiger partial charge in [0.2, 0.25) is 11.8 Å². The lowest BCUT2D eigenvalue weighted by atomic mass is 9.69. The molecule has 3 saturated heterocycles. The lowest BCUT2D eigenvalue weighted by Gasteiger charge is -2.36. The van der Waals surface area contributed by atoms with Gasteiger partial charge in [0.15, 0.2) is 0 Å². The van der Waals surface area contributed by atoms with E-state index in [4.69, 9.17) is 9.72 Å². The Morgan fingerprint density at radius 2 is 1.66 bits per heavy atom. The molecule has 7 nitrogen and oxygen atoms in total. The Labute approximate surface area is 294 Å². The van der Waals surface area contributed by atoms with Crippen molar-refractivity contribution in [1.29, 1.82) is 0 Å². The van der Waals surface area contributed by atoms with Gasteiger partial charge in [-0.3, -0.25) is 24.4 Å². The van der Waals surface area contributed by atoms with E-state index < -0.39 is 0 Å². The minimum atomic E-state index is -0.325. The fourth-order valence-electron chi connectivity index (χ4n) is 9.11. The molecular formula is C43H45N3O4. The van der Waals surface area contributed by atoms with Crippen LogP contribution < -0.4 is 0 Å². The monoisotopic (exact) mass is 667 g/mol. The van der Waals surface area contributed by atoms with E-state index in [1.54, 1.807) is 11.0 Å². The summed E-state index contributed by atoms with van der Waals surface area (Å²) in [5.41, 5.74) is 6.90. The highest BCUT2D eigenvalue weighted by Gasteiger charge is 2.58. The molecule has 1 N–H and O–H groups in total. The van der Waals surface area contributed by atoms with Crippen molar-refractivity contribution in [2.75, 3.05) is 19.7 Å². The molecule has 1 aromatic heterocycles. The minimum absolute atomic E-state index is 0.0247. The molecule has 256 valence electrons. The molecule has 4 aromatic rings. The normalized spacial score (nSPS) is 24.7. The number of fused-ring (bicyclic) bond motifs is 4. The van der Waals surface area contributed by atoms with Crippen LogP contribution in [-0.2, 0) is 20.9 Å². The number of phenolic OH excluding ortho intramolecular Hbond substituents is 1. The van der Waals surface area contributed by atoms with Gasteiger partial charge in [0.1, 0.15) is 5.75 Å². The van der Waals surface area contributed by atoms with Gasteiger partial charge in [0.05, 0.1) is 30.2 Å². The molecule has 3 aromatic carbocycles. The third-order valence-corrected chi connectivity index (χ3v) is 11.6. The summed E-state index contributed by atoms with van der Waals surface area (Å²) in [5.74, 6) is -0.314. The van der Waals surface area contributed by atoms with Crippen LogP contribution in [0.1, 0.15) is 62.3 Å². The second kappa shape index (κ2) is 14.0. The molecular weight excluding hydrogens is 622 g/mol. The average Bonchev–Trinajstić information content (AvgIpc) is 3.69. The molecule has 4 atom stereocenters. The molecule has 0 radical (unpaired) electrons. The summed E-state index contributed by atoms with van der Waals surface area (Å²) in [4.78, 5) is 37.1. The van der Waals surface area contributed by atoms with Crippen molar-refractivity contribution in [3.8, 4) is 5.75 Å². The zero-order valence-electron chi connectivity index (χ0n) is 28.7. The number of piperidine rings is 1. The number of hydrogen-bond donors (Lipinski definition) is 1.